The summed E-state index contributed by atoms with van der Waals surface area (Å²) in [5.41, 5.74) is 0.917. The lowest BCUT2D eigenvalue weighted by Crippen LogP contribution is -2.12. The molecule has 2 aromatic heterocycles. The lowest BCUT2D eigenvalue weighted by atomic mass is 10.2. The van der Waals surface area contributed by atoms with E-state index in [-0.39, 0.29) is 0 Å². The zero-order chi connectivity index (χ0) is 13.1. The van der Waals surface area contributed by atoms with Gasteiger partial charge in [-0.15, -0.1) is 0 Å². The SMILES string of the molecule is COCc1nc(-c2cccnc2N(C)C)nn1C. The van der Waals surface area contributed by atoms with E-state index in [0.717, 1.165) is 17.2 Å². The fourth-order valence-corrected chi connectivity index (χ4v) is 1.71. The summed E-state index contributed by atoms with van der Waals surface area (Å²) in [5, 5.41) is 4.40. The number of hydrogen-bond acceptors (Lipinski definition) is 5. The van der Waals surface area contributed by atoms with E-state index in [1.54, 1.807) is 18.0 Å². The predicted molar refractivity (Wildman–Crippen MR) is 69.3 cm³/mol. The van der Waals surface area contributed by atoms with Crippen LogP contribution < -0.4 is 4.90 Å². The molecule has 0 aliphatic rings. The highest BCUT2D eigenvalue weighted by Gasteiger charge is 2.14. The third-order valence-electron chi connectivity index (χ3n) is 2.58. The third kappa shape index (κ3) is 2.33. The van der Waals surface area contributed by atoms with Crippen molar-refractivity contribution in [2.24, 2.45) is 7.05 Å². The van der Waals surface area contributed by atoms with Crippen LogP contribution >= 0.6 is 0 Å². The van der Waals surface area contributed by atoms with Gasteiger partial charge in [-0.3, -0.25) is 4.68 Å². The lowest BCUT2D eigenvalue weighted by molar-refractivity contribution is 0.174. The quantitative estimate of drug-likeness (QED) is 0.809. The second kappa shape index (κ2) is 5.14. The van der Waals surface area contributed by atoms with Crippen LogP contribution in [0.5, 0.6) is 0 Å². The molecule has 0 bridgehead atoms. The van der Waals surface area contributed by atoms with Crippen LogP contribution in [0.25, 0.3) is 11.4 Å². The average molecular weight is 247 g/mol. The molecule has 0 radical (unpaired) electrons. The maximum Gasteiger partial charge on any atom is 0.185 e. The van der Waals surface area contributed by atoms with E-state index in [1.165, 1.54) is 0 Å². The second-order valence-electron chi connectivity index (χ2n) is 4.18. The van der Waals surface area contributed by atoms with E-state index in [1.807, 2.05) is 38.2 Å². The Hall–Kier alpha value is -1.95. The number of nitrogens with zero attached hydrogens (tertiary/aromatic N) is 5. The van der Waals surface area contributed by atoms with Crippen LogP contribution in [-0.4, -0.2) is 41.0 Å². The minimum Gasteiger partial charge on any atom is -0.377 e. The number of anilines is 1. The molecule has 6 nitrogen and oxygen atoms in total. The van der Waals surface area contributed by atoms with E-state index >= 15 is 0 Å². The summed E-state index contributed by atoms with van der Waals surface area (Å²) in [4.78, 5) is 10.8. The molecule has 0 saturated heterocycles. The molecule has 0 N–H and O–H groups in total. The maximum absolute atomic E-state index is 5.09. The van der Waals surface area contributed by atoms with Crippen molar-refractivity contribution in [2.75, 3.05) is 26.1 Å². The summed E-state index contributed by atoms with van der Waals surface area (Å²) < 4.78 is 6.81. The van der Waals surface area contributed by atoms with Gasteiger partial charge in [-0.05, 0) is 12.1 Å². The van der Waals surface area contributed by atoms with E-state index in [9.17, 15) is 0 Å². The first kappa shape index (κ1) is 12.5. The molecule has 2 heterocycles. The molecule has 18 heavy (non-hydrogen) atoms. The Morgan fingerprint density at radius 2 is 2.17 bits per heavy atom. The van der Waals surface area contributed by atoms with E-state index < -0.39 is 0 Å². The molecule has 0 aliphatic carbocycles. The van der Waals surface area contributed by atoms with Gasteiger partial charge in [0.2, 0.25) is 0 Å². The van der Waals surface area contributed by atoms with Gasteiger partial charge < -0.3 is 9.64 Å². The minimum atomic E-state index is 0.445. The van der Waals surface area contributed by atoms with Gasteiger partial charge in [0.25, 0.3) is 0 Å². The fourth-order valence-electron chi connectivity index (χ4n) is 1.71. The number of rotatable bonds is 4. The molecule has 96 valence electrons. The van der Waals surface area contributed by atoms with Crippen molar-refractivity contribution in [1.82, 2.24) is 19.7 Å². The summed E-state index contributed by atoms with van der Waals surface area (Å²) >= 11 is 0. The fraction of sp³-hybridized carbons (Fsp3) is 0.417. The molecule has 6 heteroatoms. The Balaban J connectivity index is 2.45. The molecule has 0 atom stereocenters. The van der Waals surface area contributed by atoms with Crippen molar-refractivity contribution >= 4 is 5.82 Å². The summed E-state index contributed by atoms with van der Waals surface area (Å²) in [6.45, 7) is 0.445. The average Bonchev–Trinajstić information content (AvgIpc) is 2.71. The van der Waals surface area contributed by atoms with Gasteiger partial charge in [0.15, 0.2) is 11.6 Å². The van der Waals surface area contributed by atoms with Gasteiger partial charge in [0.1, 0.15) is 12.4 Å². The van der Waals surface area contributed by atoms with Crippen molar-refractivity contribution in [3.05, 3.63) is 24.2 Å². The minimum absolute atomic E-state index is 0.445. The highest BCUT2D eigenvalue weighted by molar-refractivity contribution is 5.70. The van der Waals surface area contributed by atoms with Gasteiger partial charge in [-0.25, -0.2) is 9.97 Å². The number of aryl methyl sites for hydroxylation is 1. The van der Waals surface area contributed by atoms with E-state index in [2.05, 4.69) is 15.1 Å². The van der Waals surface area contributed by atoms with Gasteiger partial charge in [0.05, 0.1) is 5.56 Å². The number of pyridine rings is 1. The zero-order valence-electron chi connectivity index (χ0n) is 11.1. The molecule has 2 rings (SSSR count). The molecular weight excluding hydrogens is 230 g/mol. The molecule has 0 unspecified atom stereocenters. The molecular formula is C12H17N5O. The van der Waals surface area contributed by atoms with E-state index in [0.29, 0.717) is 12.4 Å². The first-order valence-corrected chi connectivity index (χ1v) is 5.65. The van der Waals surface area contributed by atoms with Crippen molar-refractivity contribution in [3.63, 3.8) is 0 Å². The van der Waals surface area contributed by atoms with Crippen LogP contribution in [0.2, 0.25) is 0 Å². The van der Waals surface area contributed by atoms with Crippen molar-refractivity contribution in [2.45, 2.75) is 6.61 Å². The van der Waals surface area contributed by atoms with E-state index in [4.69, 9.17) is 4.74 Å². The van der Waals surface area contributed by atoms with Gasteiger partial charge in [-0.2, -0.15) is 5.10 Å². The number of ether oxygens (including phenoxy) is 1. The van der Waals surface area contributed by atoms with Crippen LogP contribution in [0.4, 0.5) is 5.82 Å². The van der Waals surface area contributed by atoms with Crippen molar-refractivity contribution in [1.29, 1.82) is 0 Å². The topological polar surface area (TPSA) is 56.1 Å². The Bertz CT molecular complexity index is 535. The Kier molecular flexibility index (Phi) is 3.57. The molecule has 0 fully saturated rings. The lowest BCUT2D eigenvalue weighted by Gasteiger charge is -2.13. The Morgan fingerprint density at radius 3 is 2.83 bits per heavy atom. The van der Waals surface area contributed by atoms with Crippen LogP contribution in [0.15, 0.2) is 18.3 Å². The smallest absolute Gasteiger partial charge is 0.185 e. The van der Waals surface area contributed by atoms with Crippen molar-refractivity contribution < 1.29 is 4.74 Å². The highest BCUT2D eigenvalue weighted by Crippen LogP contribution is 2.24. The normalized spacial score (nSPS) is 10.7. The number of methoxy groups -OCH3 is 1. The first-order chi connectivity index (χ1) is 8.63. The van der Waals surface area contributed by atoms with Gasteiger partial charge in [0, 0.05) is 34.4 Å². The standard InChI is InChI=1S/C12H17N5O/c1-16(2)12-9(6-5-7-13-12)11-14-10(8-18-4)17(3)15-11/h5-7H,8H2,1-4H3. The van der Waals surface area contributed by atoms with Crippen molar-refractivity contribution in [3.8, 4) is 11.4 Å². The van der Waals surface area contributed by atoms with Crippen LogP contribution in [0, 0.1) is 0 Å². The summed E-state index contributed by atoms with van der Waals surface area (Å²) in [5.74, 6) is 2.31. The summed E-state index contributed by atoms with van der Waals surface area (Å²) in [6, 6.07) is 3.85. The molecule has 0 saturated carbocycles. The predicted octanol–water partition coefficient (Wildman–Crippen LogP) is 1.09. The van der Waals surface area contributed by atoms with Crippen LogP contribution in [-0.2, 0) is 18.4 Å². The van der Waals surface area contributed by atoms with Gasteiger partial charge >= 0.3 is 0 Å². The summed E-state index contributed by atoms with van der Waals surface area (Å²) in [6.07, 6.45) is 1.76. The molecule has 0 amide bonds. The molecule has 0 aromatic carbocycles. The van der Waals surface area contributed by atoms with Crippen LogP contribution in [0.1, 0.15) is 5.82 Å². The largest absolute Gasteiger partial charge is 0.377 e. The first-order valence-electron chi connectivity index (χ1n) is 5.65. The second-order valence-corrected chi connectivity index (χ2v) is 4.18. The molecule has 0 aliphatic heterocycles. The Morgan fingerprint density at radius 1 is 1.39 bits per heavy atom. The highest BCUT2D eigenvalue weighted by atomic mass is 16.5. The monoisotopic (exact) mass is 247 g/mol. The van der Waals surface area contributed by atoms with Gasteiger partial charge in [-0.1, -0.05) is 0 Å². The number of hydrogen-bond donors (Lipinski definition) is 0. The zero-order valence-corrected chi connectivity index (χ0v) is 11.1. The Labute approximate surface area is 106 Å². The maximum atomic E-state index is 5.09. The third-order valence-corrected chi connectivity index (χ3v) is 2.58. The molecule has 2 aromatic rings. The van der Waals surface area contributed by atoms with Crippen LogP contribution in [0.3, 0.4) is 0 Å². The summed E-state index contributed by atoms with van der Waals surface area (Å²) in [7, 11) is 7.40. The molecule has 0 spiro atoms. The number of aromatic nitrogens is 4.